The van der Waals surface area contributed by atoms with Crippen LogP contribution in [0.15, 0.2) is 82.2 Å². The Morgan fingerprint density at radius 2 is 1.56 bits per heavy atom. The molecule has 2 amide bonds. The van der Waals surface area contributed by atoms with Crippen molar-refractivity contribution < 1.29 is 18.0 Å². The van der Waals surface area contributed by atoms with Gasteiger partial charge in [0.25, 0.3) is 10.0 Å². The lowest BCUT2D eigenvalue weighted by Gasteiger charge is -2.32. The number of nitrogens with zero attached hydrogens (tertiary/aromatic N) is 2. The van der Waals surface area contributed by atoms with Crippen molar-refractivity contribution in [2.24, 2.45) is 5.92 Å². The summed E-state index contributed by atoms with van der Waals surface area (Å²) in [5, 5.41) is 3.25. The lowest BCUT2D eigenvalue weighted by molar-refractivity contribution is -0.139. The number of anilines is 1. The SMILES string of the molecule is CC(C)CNC(=O)[C@H](C)N(Cc1ccc(Br)cc1)C(=O)CN(c1ccc(Cl)c(Cl)c1)S(=O)(=O)c1ccccc1. The summed E-state index contributed by atoms with van der Waals surface area (Å²) in [6, 6.07) is 18.6. The van der Waals surface area contributed by atoms with Gasteiger partial charge in [-0.15, -0.1) is 0 Å². The molecule has 0 saturated carbocycles. The van der Waals surface area contributed by atoms with E-state index in [-0.39, 0.29) is 39.0 Å². The summed E-state index contributed by atoms with van der Waals surface area (Å²) < 4.78 is 29.4. The van der Waals surface area contributed by atoms with E-state index in [0.717, 1.165) is 14.3 Å². The standard InChI is InChI=1S/C28H30BrCl2N3O4S/c1-19(2)16-32-28(36)20(3)33(17-21-9-11-22(29)12-10-21)27(35)18-34(23-13-14-25(30)26(31)15-23)39(37,38)24-7-5-4-6-8-24/h4-15,19-20H,16-18H2,1-3H3,(H,32,36)/t20-/m0/s1. The number of hydrogen-bond acceptors (Lipinski definition) is 4. The largest absolute Gasteiger partial charge is 0.354 e. The van der Waals surface area contributed by atoms with E-state index in [0.29, 0.717) is 6.54 Å². The number of rotatable bonds is 11. The van der Waals surface area contributed by atoms with E-state index in [4.69, 9.17) is 23.2 Å². The average Bonchev–Trinajstić information content (AvgIpc) is 2.91. The summed E-state index contributed by atoms with van der Waals surface area (Å²) in [5.74, 6) is -0.671. The minimum atomic E-state index is -4.18. The van der Waals surface area contributed by atoms with Gasteiger partial charge in [0.2, 0.25) is 11.8 Å². The van der Waals surface area contributed by atoms with Gasteiger partial charge in [-0.2, -0.15) is 0 Å². The van der Waals surface area contributed by atoms with Crippen LogP contribution in [0.5, 0.6) is 0 Å². The summed E-state index contributed by atoms with van der Waals surface area (Å²) in [6.45, 7) is 5.55. The first-order valence-corrected chi connectivity index (χ1v) is 15.2. The predicted molar refractivity (Wildman–Crippen MR) is 159 cm³/mol. The molecule has 1 N–H and O–H groups in total. The predicted octanol–water partition coefficient (Wildman–Crippen LogP) is 6.14. The van der Waals surface area contributed by atoms with Gasteiger partial charge in [-0.25, -0.2) is 8.42 Å². The lowest BCUT2D eigenvalue weighted by atomic mass is 10.1. The molecule has 0 aromatic heterocycles. The minimum Gasteiger partial charge on any atom is -0.354 e. The van der Waals surface area contributed by atoms with Crippen LogP contribution in [0.3, 0.4) is 0 Å². The Kier molecular flexibility index (Phi) is 10.8. The molecule has 0 fully saturated rings. The van der Waals surface area contributed by atoms with Gasteiger partial charge >= 0.3 is 0 Å². The van der Waals surface area contributed by atoms with E-state index in [9.17, 15) is 18.0 Å². The molecule has 0 spiro atoms. The quantitative estimate of drug-likeness (QED) is 0.269. The third-order valence-electron chi connectivity index (χ3n) is 5.92. The van der Waals surface area contributed by atoms with Gasteiger partial charge in [0.1, 0.15) is 12.6 Å². The molecule has 0 unspecified atom stereocenters. The number of nitrogens with one attached hydrogen (secondary N) is 1. The number of halogens is 3. The van der Waals surface area contributed by atoms with Gasteiger partial charge in [0.05, 0.1) is 20.6 Å². The van der Waals surface area contributed by atoms with Crippen LogP contribution in [0.4, 0.5) is 5.69 Å². The molecule has 208 valence electrons. The maximum Gasteiger partial charge on any atom is 0.264 e. The van der Waals surface area contributed by atoms with Crippen molar-refractivity contribution in [1.82, 2.24) is 10.2 Å². The molecule has 11 heteroatoms. The summed E-state index contributed by atoms with van der Waals surface area (Å²) >= 11 is 15.7. The zero-order valence-corrected chi connectivity index (χ0v) is 25.7. The van der Waals surface area contributed by atoms with Gasteiger partial charge in [-0.1, -0.05) is 83.3 Å². The van der Waals surface area contributed by atoms with Crippen LogP contribution in [-0.2, 0) is 26.2 Å². The fourth-order valence-electron chi connectivity index (χ4n) is 3.71. The first-order valence-electron chi connectivity index (χ1n) is 12.2. The van der Waals surface area contributed by atoms with E-state index in [1.54, 1.807) is 25.1 Å². The van der Waals surface area contributed by atoms with E-state index < -0.39 is 28.5 Å². The number of hydrogen-bond donors (Lipinski definition) is 1. The van der Waals surface area contributed by atoms with Crippen LogP contribution in [0.1, 0.15) is 26.3 Å². The number of sulfonamides is 1. The summed E-state index contributed by atoms with van der Waals surface area (Å²) in [6.07, 6.45) is 0. The van der Waals surface area contributed by atoms with Crippen LogP contribution >= 0.6 is 39.1 Å². The minimum absolute atomic E-state index is 0.00561. The number of carbonyl (C=O) groups is 2. The maximum absolute atomic E-state index is 13.9. The third kappa shape index (κ3) is 8.20. The summed E-state index contributed by atoms with van der Waals surface area (Å²) in [7, 11) is -4.18. The third-order valence-corrected chi connectivity index (χ3v) is 8.98. The van der Waals surface area contributed by atoms with Crippen molar-refractivity contribution >= 4 is 66.7 Å². The molecule has 1 atom stereocenters. The van der Waals surface area contributed by atoms with Crippen molar-refractivity contribution in [3.63, 3.8) is 0 Å². The van der Waals surface area contributed by atoms with Crippen LogP contribution < -0.4 is 9.62 Å². The topological polar surface area (TPSA) is 86.8 Å². The Morgan fingerprint density at radius 3 is 2.15 bits per heavy atom. The molecule has 39 heavy (non-hydrogen) atoms. The molecule has 0 radical (unpaired) electrons. The molecular weight excluding hydrogens is 625 g/mol. The number of amides is 2. The Morgan fingerprint density at radius 1 is 0.923 bits per heavy atom. The van der Waals surface area contributed by atoms with Crippen LogP contribution in [0.2, 0.25) is 10.0 Å². The molecule has 0 aliphatic carbocycles. The van der Waals surface area contributed by atoms with Crippen molar-refractivity contribution in [2.75, 3.05) is 17.4 Å². The summed E-state index contributed by atoms with van der Waals surface area (Å²) in [5.41, 5.74) is 0.948. The molecule has 0 bridgehead atoms. The highest BCUT2D eigenvalue weighted by molar-refractivity contribution is 9.10. The van der Waals surface area contributed by atoms with E-state index in [2.05, 4.69) is 21.2 Å². The van der Waals surface area contributed by atoms with Crippen molar-refractivity contribution in [1.29, 1.82) is 0 Å². The van der Waals surface area contributed by atoms with Crippen LogP contribution in [-0.4, -0.2) is 44.3 Å². The molecule has 3 aromatic carbocycles. The lowest BCUT2D eigenvalue weighted by Crippen LogP contribution is -2.51. The normalized spacial score (nSPS) is 12.2. The number of carbonyl (C=O) groups excluding carboxylic acids is 2. The molecule has 3 rings (SSSR count). The van der Waals surface area contributed by atoms with Crippen LogP contribution in [0, 0.1) is 5.92 Å². The van der Waals surface area contributed by atoms with Crippen LogP contribution in [0.25, 0.3) is 0 Å². The van der Waals surface area contributed by atoms with Crippen molar-refractivity contribution in [3.05, 3.63) is 92.9 Å². The highest BCUT2D eigenvalue weighted by Gasteiger charge is 2.32. The zero-order chi connectivity index (χ0) is 28.7. The number of benzene rings is 3. The van der Waals surface area contributed by atoms with Gasteiger partial charge in [-0.3, -0.25) is 13.9 Å². The highest BCUT2D eigenvalue weighted by atomic mass is 79.9. The molecule has 7 nitrogen and oxygen atoms in total. The molecule has 0 saturated heterocycles. The second kappa shape index (κ2) is 13.7. The second-order valence-electron chi connectivity index (χ2n) is 9.39. The monoisotopic (exact) mass is 653 g/mol. The van der Waals surface area contributed by atoms with Gasteiger partial charge < -0.3 is 10.2 Å². The molecule has 0 heterocycles. The second-order valence-corrected chi connectivity index (χ2v) is 13.0. The van der Waals surface area contributed by atoms with Crippen molar-refractivity contribution in [3.8, 4) is 0 Å². The Bertz CT molecular complexity index is 1400. The first kappa shape index (κ1) is 30.9. The maximum atomic E-state index is 13.9. The Hall–Kier alpha value is -2.59. The smallest absolute Gasteiger partial charge is 0.264 e. The molecule has 0 aliphatic heterocycles. The van der Waals surface area contributed by atoms with E-state index in [1.807, 2.05) is 38.1 Å². The molecule has 3 aromatic rings. The Labute approximate surface area is 248 Å². The Balaban J connectivity index is 2.02. The van der Waals surface area contributed by atoms with Gasteiger partial charge in [0.15, 0.2) is 0 Å². The zero-order valence-electron chi connectivity index (χ0n) is 21.8. The van der Waals surface area contributed by atoms with Crippen molar-refractivity contribution in [2.45, 2.75) is 38.3 Å². The highest BCUT2D eigenvalue weighted by Crippen LogP contribution is 2.31. The van der Waals surface area contributed by atoms with Gasteiger partial charge in [-0.05, 0) is 60.9 Å². The fraction of sp³-hybridized carbons (Fsp3) is 0.286. The van der Waals surface area contributed by atoms with E-state index in [1.165, 1.54) is 35.2 Å². The molecule has 0 aliphatic rings. The first-order chi connectivity index (χ1) is 18.4. The average molecular weight is 655 g/mol. The fourth-order valence-corrected chi connectivity index (χ4v) is 5.69. The van der Waals surface area contributed by atoms with E-state index >= 15 is 0 Å². The summed E-state index contributed by atoms with van der Waals surface area (Å²) in [4.78, 5) is 28.3. The molecular formula is C28H30BrCl2N3O4S. The van der Waals surface area contributed by atoms with Gasteiger partial charge in [0, 0.05) is 17.6 Å².